The zero-order chi connectivity index (χ0) is 23.4. The molecule has 0 spiro atoms. The van der Waals surface area contributed by atoms with Gasteiger partial charge >= 0.3 is 5.97 Å². The fraction of sp³-hybridized carbons (Fsp3) is 0.125. The Hall–Kier alpha value is -3.98. The summed E-state index contributed by atoms with van der Waals surface area (Å²) in [4.78, 5) is 48.6. The van der Waals surface area contributed by atoms with Crippen LogP contribution in [0.2, 0.25) is 0 Å². The molecular weight excluding hydrogens is 440 g/mol. The second kappa shape index (κ2) is 9.66. The third-order valence-corrected chi connectivity index (χ3v) is 5.80. The van der Waals surface area contributed by atoms with Gasteiger partial charge in [0.15, 0.2) is 0 Å². The molecule has 0 bridgehead atoms. The number of rotatable bonds is 7. The Morgan fingerprint density at radius 1 is 1.06 bits per heavy atom. The molecule has 0 radical (unpaired) electrons. The monoisotopic (exact) mass is 460 g/mol. The Morgan fingerprint density at radius 3 is 2.42 bits per heavy atom. The lowest BCUT2D eigenvalue weighted by atomic mass is 10.1. The van der Waals surface area contributed by atoms with Crippen LogP contribution in [0.15, 0.2) is 70.5 Å². The summed E-state index contributed by atoms with van der Waals surface area (Å²) in [6, 6.07) is 15.7. The molecule has 166 valence electrons. The van der Waals surface area contributed by atoms with E-state index in [9.17, 15) is 14.4 Å². The maximum atomic E-state index is 12.6. The first-order valence-corrected chi connectivity index (χ1v) is 11.3. The van der Waals surface area contributed by atoms with E-state index in [1.807, 2.05) is 30.5 Å². The van der Waals surface area contributed by atoms with E-state index in [1.54, 1.807) is 23.9 Å². The molecule has 0 aliphatic rings. The molecule has 2 aromatic carbocycles. The summed E-state index contributed by atoms with van der Waals surface area (Å²) in [5.74, 6) is -0.964. The lowest BCUT2D eigenvalue weighted by molar-refractivity contribution is 0.0696. The number of carbonyl (C=O) groups is 2. The zero-order valence-corrected chi connectivity index (χ0v) is 18.5. The number of carboxylic acids is 1. The summed E-state index contributed by atoms with van der Waals surface area (Å²) in [5, 5.41) is 12.1. The van der Waals surface area contributed by atoms with Crippen LogP contribution in [0.5, 0.6) is 0 Å². The fourth-order valence-electron chi connectivity index (χ4n) is 3.27. The number of thioether (sulfide) groups is 1. The van der Waals surface area contributed by atoms with Crippen molar-refractivity contribution in [2.45, 2.75) is 17.9 Å². The summed E-state index contributed by atoms with van der Waals surface area (Å²) in [6.45, 7) is 0.349. The number of pyridine rings is 1. The van der Waals surface area contributed by atoms with Gasteiger partial charge in [0.25, 0.3) is 11.5 Å². The van der Waals surface area contributed by atoms with Crippen molar-refractivity contribution < 1.29 is 14.7 Å². The van der Waals surface area contributed by atoms with Crippen molar-refractivity contribution in [2.24, 2.45) is 0 Å². The first kappa shape index (κ1) is 22.2. The molecule has 8 nitrogen and oxygen atoms in total. The highest BCUT2D eigenvalue weighted by atomic mass is 32.2. The highest BCUT2D eigenvalue weighted by Crippen LogP contribution is 2.15. The minimum absolute atomic E-state index is 0.132. The molecular formula is C24H20N4O4S. The van der Waals surface area contributed by atoms with Crippen LogP contribution in [0.3, 0.4) is 0 Å². The summed E-state index contributed by atoms with van der Waals surface area (Å²) in [7, 11) is 0. The molecule has 0 atom stereocenters. The van der Waals surface area contributed by atoms with Crippen LogP contribution in [-0.2, 0) is 13.0 Å². The topological polar surface area (TPSA) is 125 Å². The van der Waals surface area contributed by atoms with Gasteiger partial charge in [-0.2, -0.15) is 0 Å². The number of aromatic nitrogens is 3. The highest BCUT2D eigenvalue weighted by molar-refractivity contribution is 7.98. The summed E-state index contributed by atoms with van der Waals surface area (Å²) in [6.07, 6.45) is 3.73. The second-order valence-electron chi connectivity index (χ2n) is 7.31. The number of aromatic amines is 1. The Balaban J connectivity index is 1.49. The van der Waals surface area contributed by atoms with E-state index in [0.29, 0.717) is 24.3 Å². The number of hydrogen-bond donors (Lipinski definition) is 3. The molecule has 33 heavy (non-hydrogen) atoms. The molecule has 3 N–H and O–H groups in total. The van der Waals surface area contributed by atoms with Gasteiger partial charge in [-0.25, -0.2) is 14.8 Å². The quantitative estimate of drug-likeness (QED) is 0.362. The van der Waals surface area contributed by atoms with Crippen molar-refractivity contribution in [3.63, 3.8) is 0 Å². The Kier molecular flexibility index (Phi) is 6.50. The molecule has 0 aliphatic carbocycles. The van der Waals surface area contributed by atoms with Gasteiger partial charge < -0.3 is 15.4 Å². The SMILES string of the molecule is CSc1ccc(CNC(=O)c2cc3c(=O)[nH]c(Cc4ccc(C(=O)O)cc4)nc3cn2)cc1. The van der Waals surface area contributed by atoms with Gasteiger partial charge in [-0.15, -0.1) is 11.8 Å². The van der Waals surface area contributed by atoms with E-state index in [1.165, 1.54) is 24.4 Å². The summed E-state index contributed by atoms with van der Waals surface area (Å²) < 4.78 is 0. The first-order valence-electron chi connectivity index (χ1n) is 10.1. The van der Waals surface area contributed by atoms with E-state index in [0.717, 1.165) is 16.0 Å². The number of carboxylic acid groups (broad SMARTS) is 1. The predicted molar refractivity (Wildman–Crippen MR) is 126 cm³/mol. The number of H-pyrrole nitrogens is 1. The van der Waals surface area contributed by atoms with Crippen LogP contribution in [0.1, 0.15) is 37.8 Å². The van der Waals surface area contributed by atoms with E-state index < -0.39 is 5.97 Å². The van der Waals surface area contributed by atoms with Crippen molar-refractivity contribution in [3.8, 4) is 0 Å². The first-order chi connectivity index (χ1) is 15.9. The standard InChI is InChI=1S/C24H20N4O4S/c1-33-17-8-4-15(5-9-17)12-26-23(30)19-11-18-20(13-25-19)27-21(28-22(18)29)10-14-2-6-16(7-3-14)24(31)32/h2-9,11,13H,10,12H2,1H3,(H,26,30)(H,31,32)(H,27,28,29). The van der Waals surface area contributed by atoms with Crippen molar-refractivity contribution in [1.82, 2.24) is 20.3 Å². The molecule has 0 saturated carbocycles. The van der Waals surface area contributed by atoms with Crippen molar-refractivity contribution >= 4 is 34.5 Å². The molecule has 0 saturated heterocycles. The molecule has 0 unspecified atom stereocenters. The molecule has 4 aromatic rings. The van der Waals surface area contributed by atoms with Gasteiger partial charge in [0.2, 0.25) is 0 Å². The molecule has 9 heteroatoms. The molecule has 2 heterocycles. The van der Waals surface area contributed by atoms with E-state index in [2.05, 4.69) is 20.3 Å². The third-order valence-electron chi connectivity index (χ3n) is 5.06. The number of hydrogen-bond acceptors (Lipinski definition) is 6. The molecule has 4 rings (SSSR count). The van der Waals surface area contributed by atoms with Crippen LogP contribution in [0.4, 0.5) is 0 Å². The van der Waals surface area contributed by atoms with Crippen LogP contribution >= 0.6 is 11.8 Å². The van der Waals surface area contributed by atoms with E-state index in [-0.39, 0.29) is 28.1 Å². The molecule has 0 fully saturated rings. The Morgan fingerprint density at radius 2 is 1.76 bits per heavy atom. The Bertz CT molecular complexity index is 1380. The number of amides is 1. The van der Waals surface area contributed by atoms with Gasteiger partial charge in [-0.1, -0.05) is 24.3 Å². The number of nitrogens with one attached hydrogen (secondary N) is 2. The minimum atomic E-state index is -1.00. The molecule has 1 amide bonds. The number of fused-ring (bicyclic) bond motifs is 1. The van der Waals surface area contributed by atoms with Crippen molar-refractivity contribution in [2.75, 3.05) is 6.26 Å². The highest BCUT2D eigenvalue weighted by Gasteiger charge is 2.12. The van der Waals surface area contributed by atoms with E-state index >= 15 is 0 Å². The summed E-state index contributed by atoms with van der Waals surface area (Å²) in [5.41, 5.74) is 2.08. The maximum absolute atomic E-state index is 12.6. The van der Waals surface area contributed by atoms with Crippen molar-refractivity contribution in [3.05, 3.63) is 99.4 Å². The van der Waals surface area contributed by atoms with Crippen LogP contribution in [0, 0.1) is 0 Å². The lowest BCUT2D eigenvalue weighted by Gasteiger charge is -2.07. The average molecular weight is 461 g/mol. The van der Waals surface area contributed by atoms with Crippen LogP contribution in [0.25, 0.3) is 10.9 Å². The smallest absolute Gasteiger partial charge is 0.335 e. The van der Waals surface area contributed by atoms with Gasteiger partial charge in [0.1, 0.15) is 11.5 Å². The largest absolute Gasteiger partial charge is 0.478 e. The Labute approximate surface area is 193 Å². The minimum Gasteiger partial charge on any atom is -0.478 e. The predicted octanol–water partition coefficient (Wildman–Crippen LogP) is 3.26. The van der Waals surface area contributed by atoms with Gasteiger partial charge in [0.05, 0.1) is 22.7 Å². The van der Waals surface area contributed by atoms with Gasteiger partial charge in [0, 0.05) is 17.9 Å². The van der Waals surface area contributed by atoms with Crippen LogP contribution < -0.4 is 10.9 Å². The number of aromatic carboxylic acids is 1. The number of carbonyl (C=O) groups excluding carboxylic acids is 1. The van der Waals surface area contributed by atoms with Gasteiger partial charge in [-0.05, 0) is 47.7 Å². The third kappa shape index (κ3) is 5.27. The van der Waals surface area contributed by atoms with Gasteiger partial charge in [-0.3, -0.25) is 9.59 Å². The molecule has 0 aliphatic heterocycles. The van der Waals surface area contributed by atoms with Crippen molar-refractivity contribution in [1.29, 1.82) is 0 Å². The number of nitrogens with zero attached hydrogens (tertiary/aromatic N) is 2. The lowest BCUT2D eigenvalue weighted by Crippen LogP contribution is -2.24. The second-order valence-corrected chi connectivity index (χ2v) is 8.19. The maximum Gasteiger partial charge on any atom is 0.335 e. The fourth-order valence-corrected chi connectivity index (χ4v) is 3.68. The molecule has 2 aromatic heterocycles. The average Bonchev–Trinajstić information content (AvgIpc) is 2.83. The summed E-state index contributed by atoms with van der Waals surface area (Å²) >= 11 is 1.65. The normalized spacial score (nSPS) is 10.8. The van der Waals surface area contributed by atoms with Crippen LogP contribution in [-0.4, -0.2) is 38.2 Å². The zero-order valence-electron chi connectivity index (χ0n) is 17.7. The van der Waals surface area contributed by atoms with E-state index in [4.69, 9.17) is 5.11 Å². The number of benzene rings is 2.